The van der Waals surface area contributed by atoms with Crippen LogP contribution in [0.4, 0.5) is 0 Å². The molecule has 2 nitrogen and oxygen atoms in total. The van der Waals surface area contributed by atoms with Gasteiger partial charge in [0.15, 0.2) is 0 Å². The number of hydrogen-bond acceptors (Lipinski definition) is 3. The average molecular weight is 174 g/mol. The molecule has 0 aromatic carbocycles. The van der Waals surface area contributed by atoms with Gasteiger partial charge in [-0.05, 0) is 18.8 Å². The lowest BCUT2D eigenvalue weighted by atomic mass is 10.2. The summed E-state index contributed by atoms with van der Waals surface area (Å²) in [5.41, 5.74) is 0.651. The maximum Gasteiger partial charge on any atom is 0.334 e. The Morgan fingerprint density at radius 2 is 2.18 bits per heavy atom. The van der Waals surface area contributed by atoms with E-state index in [4.69, 9.17) is 4.74 Å². The van der Waals surface area contributed by atoms with Gasteiger partial charge in [0.2, 0.25) is 0 Å². The molecule has 0 aliphatic carbocycles. The van der Waals surface area contributed by atoms with E-state index in [1.165, 1.54) is 5.41 Å². The molecule has 0 bridgehead atoms. The molecule has 0 aromatic rings. The van der Waals surface area contributed by atoms with Crippen molar-refractivity contribution < 1.29 is 9.53 Å². The highest BCUT2D eigenvalue weighted by Gasteiger charge is 2.07. The van der Waals surface area contributed by atoms with Crippen molar-refractivity contribution in [1.82, 2.24) is 0 Å². The second-order valence-corrected chi connectivity index (χ2v) is 2.38. The maximum absolute atomic E-state index is 11.0. The van der Waals surface area contributed by atoms with Crippen LogP contribution in [0.3, 0.4) is 0 Å². The van der Waals surface area contributed by atoms with Crippen molar-refractivity contribution in [3.8, 4) is 0 Å². The van der Waals surface area contributed by atoms with Crippen molar-refractivity contribution in [3.05, 3.63) is 11.0 Å². The highest BCUT2D eigenvalue weighted by atomic mass is 32.1. The molecule has 0 amide bonds. The molecule has 0 saturated heterocycles. The molecule has 0 aromatic heterocycles. The molecule has 0 aliphatic rings. The molecule has 0 heterocycles. The molecular weight excluding hydrogens is 160 g/mol. The summed E-state index contributed by atoms with van der Waals surface area (Å²) in [5, 5.41) is 1.52. The molecule has 0 atom stereocenters. The molecule has 0 fully saturated rings. The number of rotatable bonds is 4. The normalized spacial score (nSPS) is 11.4. The minimum absolute atomic E-state index is 0.246. The first-order valence-corrected chi connectivity index (χ1v) is 4.28. The zero-order valence-corrected chi connectivity index (χ0v) is 7.86. The van der Waals surface area contributed by atoms with Gasteiger partial charge < -0.3 is 4.74 Å². The molecule has 0 N–H and O–H groups in total. The third-order valence-corrected chi connectivity index (χ3v) is 1.52. The van der Waals surface area contributed by atoms with Crippen LogP contribution >= 0.6 is 12.6 Å². The molecular formula is C8H14O2S. The van der Waals surface area contributed by atoms with Gasteiger partial charge >= 0.3 is 5.97 Å². The molecule has 0 rings (SSSR count). The van der Waals surface area contributed by atoms with Gasteiger partial charge in [-0.1, -0.05) is 13.3 Å². The monoisotopic (exact) mass is 174 g/mol. The third kappa shape index (κ3) is 4.09. The highest BCUT2D eigenvalue weighted by Crippen LogP contribution is 2.07. The van der Waals surface area contributed by atoms with Crippen molar-refractivity contribution in [2.45, 2.75) is 26.7 Å². The Morgan fingerprint density at radius 1 is 1.55 bits per heavy atom. The Hall–Kier alpha value is -0.440. The Kier molecular flexibility index (Phi) is 6.03. The molecule has 3 heteroatoms. The van der Waals surface area contributed by atoms with Crippen LogP contribution in [0.1, 0.15) is 26.7 Å². The fourth-order valence-electron chi connectivity index (χ4n) is 0.712. The summed E-state index contributed by atoms with van der Waals surface area (Å²) in [4.78, 5) is 11.0. The summed E-state index contributed by atoms with van der Waals surface area (Å²) in [5.74, 6) is -0.246. The lowest BCUT2D eigenvalue weighted by molar-refractivity contribution is -0.138. The van der Waals surface area contributed by atoms with E-state index in [9.17, 15) is 4.79 Å². The molecule has 64 valence electrons. The second-order valence-electron chi connectivity index (χ2n) is 2.12. The largest absolute Gasteiger partial charge is 0.463 e. The van der Waals surface area contributed by atoms with Gasteiger partial charge in [0, 0.05) is 5.57 Å². The fourth-order valence-corrected chi connectivity index (χ4v) is 0.947. The Bertz CT molecular complexity index is 152. The van der Waals surface area contributed by atoms with Gasteiger partial charge in [-0.2, -0.15) is 12.6 Å². The summed E-state index contributed by atoms with van der Waals surface area (Å²) < 4.78 is 4.79. The third-order valence-electron chi connectivity index (χ3n) is 1.21. The number of hydrogen-bond donors (Lipinski definition) is 1. The summed E-state index contributed by atoms with van der Waals surface area (Å²) in [6.07, 6.45) is 1.67. The number of esters is 1. The van der Waals surface area contributed by atoms with Crippen LogP contribution in [0.2, 0.25) is 0 Å². The Labute approximate surface area is 73.0 Å². The number of thiol groups is 1. The SMILES string of the molecule is CCCC(=CS)C(=O)OCC. The van der Waals surface area contributed by atoms with E-state index in [0.717, 1.165) is 12.8 Å². The molecule has 11 heavy (non-hydrogen) atoms. The van der Waals surface area contributed by atoms with E-state index >= 15 is 0 Å². The van der Waals surface area contributed by atoms with E-state index in [2.05, 4.69) is 12.6 Å². The van der Waals surface area contributed by atoms with Gasteiger partial charge in [0.1, 0.15) is 0 Å². The average Bonchev–Trinajstić information content (AvgIpc) is 2.00. The first-order chi connectivity index (χ1) is 5.26. The molecule has 0 radical (unpaired) electrons. The zero-order chi connectivity index (χ0) is 8.69. The molecule has 0 saturated carbocycles. The predicted octanol–water partition coefficient (Wildman–Crippen LogP) is 2.16. The fraction of sp³-hybridized carbons (Fsp3) is 0.625. The molecule has 0 spiro atoms. The van der Waals surface area contributed by atoms with Crippen LogP contribution < -0.4 is 0 Å². The van der Waals surface area contributed by atoms with E-state index in [-0.39, 0.29) is 5.97 Å². The summed E-state index contributed by atoms with van der Waals surface area (Å²) in [7, 11) is 0. The minimum atomic E-state index is -0.246. The molecule has 0 aliphatic heterocycles. The van der Waals surface area contributed by atoms with Crippen molar-refractivity contribution in [2.75, 3.05) is 6.61 Å². The summed E-state index contributed by atoms with van der Waals surface area (Å²) in [6, 6.07) is 0. The number of ether oxygens (including phenoxy) is 1. The summed E-state index contributed by atoms with van der Waals surface area (Å²) in [6.45, 7) is 4.23. The minimum Gasteiger partial charge on any atom is -0.463 e. The van der Waals surface area contributed by atoms with Gasteiger partial charge in [0.25, 0.3) is 0 Å². The number of carbonyl (C=O) groups is 1. The van der Waals surface area contributed by atoms with Crippen molar-refractivity contribution in [3.63, 3.8) is 0 Å². The van der Waals surface area contributed by atoms with Gasteiger partial charge in [-0.15, -0.1) is 0 Å². The Balaban J connectivity index is 3.94. The lowest BCUT2D eigenvalue weighted by Crippen LogP contribution is -2.06. The van der Waals surface area contributed by atoms with Crippen LogP contribution in [-0.4, -0.2) is 12.6 Å². The predicted molar refractivity (Wildman–Crippen MR) is 48.6 cm³/mol. The van der Waals surface area contributed by atoms with E-state index in [0.29, 0.717) is 12.2 Å². The quantitative estimate of drug-likeness (QED) is 0.401. The second kappa shape index (κ2) is 6.28. The summed E-state index contributed by atoms with van der Waals surface area (Å²) >= 11 is 3.92. The van der Waals surface area contributed by atoms with Gasteiger partial charge in [-0.25, -0.2) is 4.79 Å². The van der Waals surface area contributed by atoms with Crippen LogP contribution in [0.5, 0.6) is 0 Å². The van der Waals surface area contributed by atoms with Crippen molar-refractivity contribution >= 4 is 18.6 Å². The van der Waals surface area contributed by atoms with E-state index in [1.54, 1.807) is 6.92 Å². The first kappa shape index (κ1) is 10.6. The van der Waals surface area contributed by atoms with E-state index < -0.39 is 0 Å². The van der Waals surface area contributed by atoms with Crippen molar-refractivity contribution in [2.24, 2.45) is 0 Å². The van der Waals surface area contributed by atoms with Gasteiger partial charge in [-0.3, -0.25) is 0 Å². The molecule has 0 unspecified atom stereocenters. The highest BCUT2D eigenvalue weighted by molar-refractivity contribution is 7.83. The first-order valence-electron chi connectivity index (χ1n) is 3.76. The van der Waals surface area contributed by atoms with E-state index in [1.807, 2.05) is 6.92 Å². The lowest BCUT2D eigenvalue weighted by Gasteiger charge is -2.03. The maximum atomic E-state index is 11.0. The zero-order valence-electron chi connectivity index (χ0n) is 6.96. The topological polar surface area (TPSA) is 26.3 Å². The smallest absolute Gasteiger partial charge is 0.334 e. The Morgan fingerprint density at radius 3 is 2.55 bits per heavy atom. The van der Waals surface area contributed by atoms with Crippen LogP contribution in [0.15, 0.2) is 11.0 Å². The standard InChI is InChI=1S/C8H14O2S/c1-3-5-7(6-11)8(9)10-4-2/h6,11H,3-5H2,1-2H3. The van der Waals surface area contributed by atoms with Crippen molar-refractivity contribution in [1.29, 1.82) is 0 Å². The van der Waals surface area contributed by atoms with Crippen LogP contribution in [0.25, 0.3) is 0 Å². The van der Waals surface area contributed by atoms with Gasteiger partial charge in [0.05, 0.1) is 6.61 Å². The number of carbonyl (C=O) groups excluding carboxylic acids is 1. The van der Waals surface area contributed by atoms with Crippen LogP contribution in [0, 0.1) is 0 Å². The van der Waals surface area contributed by atoms with Crippen LogP contribution in [-0.2, 0) is 9.53 Å².